The maximum atomic E-state index is 6.26. The van der Waals surface area contributed by atoms with E-state index in [1.807, 2.05) is 6.07 Å². The molecular weight excluding hydrogens is 345 g/mol. The van der Waals surface area contributed by atoms with E-state index in [4.69, 9.17) is 11.6 Å². The zero-order valence-electron chi connectivity index (χ0n) is 10.3. The Kier molecular flexibility index (Phi) is 4.59. The van der Waals surface area contributed by atoms with Crippen LogP contribution in [0.2, 0.25) is 5.02 Å². The van der Waals surface area contributed by atoms with Gasteiger partial charge in [-0.1, -0.05) is 25.4 Å². The van der Waals surface area contributed by atoms with Crippen molar-refractivity contribution in [3.8, 4) is 0 Å². The molecule has 0 radical (unpaired) electrons. The first-order chi connectivity index (χ1) is 8.06. The van der Waals surface area contributed by atoms with Crippen molar-refractivity contribution >= 4 is 39.9 Å². The van der Waals surface area contributed by atoms with Gasteiger partial charge in [-0.25, -0.2) is 0 Å². The van der Waals surface area contributed by atoms with Crippen LogP contribution in [-0.4, -0.2) is 6.04 Å². The number of hydrogen-bond acceptors (Lipinski definition) is 1. The van der Waals surface area contributed by atoms with E-state index in [0.29, 0.717) is 6.04 Å². The van der Waals surface area contributed by atoms with Gasteiger partial charge in [-0.05, 0) is 71.9 Å². The van der Waals surface area contributed by atoms with Gasteiger partial charge in [-0.2, -0.15) is 0 Å². The molecule has 94 valence electrons. The second-order valence-electron chi connectivity index (χ2n) is 5.27. The van der Waals surface area contributed by atoms with Gasteiger partial charge in [-0.15, -0.1) is 0 Å². The lowest BCUT2D eigenvalue weighted by Crippen LogP contribution is -2.33. The highest BCUT2D eigenvalue weighted by Gasteiger charge is 2.25. The van der Waals surface area contributed by atoms with Gasteiger partial charge < -0.3 is 5.32 Å². The van der Waals surface area contributed by atoms with Gasteiger partial charge in [0.25, 0.3) is 0 Å². The third-order valence-corrected chi connectivity index (χ3v) is 4.69. The average Bonchev–Trinajstić information content (AvgIpc) is 2.25. The topological polar surface area (TPSA) is 12.0 Å². The number of halogens is 2. The van der Waals surface area contributed by atoms with Crippen LogP contribution in [0.25, 0.3) is 0 Å². The Balaban J connectivity index is 2.05. The molecule has 0 spiro atoms. The van der Waals surface area contributed by atoms with Crippen molar-refractivity contribution in [2.45, 2.75) is 39.2 Å². The van der Waals surface area contributed by atoms with Crippen molar-refractivity contribution in [3.05, 3.63) is 26.8 Å². The zero-order chi connectivity index (χ0) is 12.4. The maximum Gasteiger partial charge on any atom is 0.0648 e. The van der Waals surface area contributed by atoms with Crippen molar-refractivity contribution < 1.29 is 0 Å². The first-order valence-corrected chi connectivity index (χ1v) is 7.73. The van der Waals surface area contributed by atoms with Gasteiger partial charge in [0.05, 0.1) is 10.7 Å². The van der Waals surface area contributed by atoms with E-state index in [1.165, 1.54) is 22.8 Å². The van der Waals surface area contributed by atoms with Crippen LogP contribution in [-0.2, 0) is 0 Å². The molecule has 0 amide bonds. The molecular formula is C14H19ClIN. The van der Waals surface area contributed by atoms with Crippen LogP contribution in [0.5, 0.6) is 0 Å². The van der Waals surface area contributed by atoms with Gasteiger partial charge in [0.2, 0.25) is 0 Å². The highest BCUT2D eigenvalue weighted by molar-refractivity contribution is 14.1. The highest BCUT2D eigenvalue weighted by atomic mass is 127. The summed E-state index contributed by atoms with van der Waals surface area (Å²) in [6.07, 6.45) is 3.90. The third-order valence-electron chi connectivity index (χ3n) is 3.70. The van der Waals surface area contributed by atoms with Crippen molar-refractivity contribution in [2.75, 3.05) is 5.32 Å². The number of hydrogen-bond donors (Lipinski definition) is 1. The molecule has 3 atom stereocenters. The SMILES string of the molecule is CC1CCC(Nc2ccc(I)cc2Cl)C(C)C1. The number of anilines is 1. The number of benzene rings is 1. The lowest BCUT2D eigenvalue weighted by atomic mass is 9.80. The number of nitrogens with one attached hydrogen (secondary N) is 1. The summed E-state index contributed by atoms with van der Waals surface area (Å²) in [6.45, 7) is 4.69. The minimum atomic E-state index is 0.573. The van der Waals surface area contributed by atoms with E-state index in [0.717, 1.165) is 22.5 Å². The summed E-state index contributed by atoms with van der Waals surface area (Å²) in [7, 11) is 0. The van der Waals surface area contributed by atoms with Gasteiger partial charge in [-0.3, -0.25) is 0 Å². The quantitative estimate of drug-likeness (QED) is 0.714. The molecule has 1 aromatic rings. The molecule has 1 fully saturated rings. The number of rotatable bonds is 2. The molecule has 0 aromatic heterocycles. The van der Waals surface area contributed by atoms with Crippen LogP contribution < -0.4 is 5.32 Å². The van der Waals surface area contributed by atoms with Crippen molar-refractivity contribution in [2.24, 2.45) is 11.8 Å². The van der Waals surface area contributed by atoms with Gasteiger partial charge >= 0.3 is 0 Å². The maximum absolute atomic E-state index is 6.26. The standard InChI is InChI=1S/C14H19ClIN/c1-9-3-5-13(10(2)7-9)17-14-6-4-11(16)8-12(14)15/h4,6,8-10,13,17H,3,5,7H2,1-2H3. The minimum absolute atomic E-state index is 0.573. The van der Waals surface area contributed by atoms with Crippen molar-refractivity contribution in [1.29, 1.82) is 0 Å². The molecule has 1 N–H and O–H groups in total. The lowest BCUT2D eigenvalue weighted by Gasteiger charge is -2.34. The molecule has 0 saturated heterocycles. The first-order valence-electron chi connectivity index (χ1n) is 6.28. The average molecular weight is 364 g/mol. The fourth-order valence-electron chi connectivity index (χ4n) is 2.69. The Morgan fingerprint density at radius 3 is 2.71 bits per heavy atom. The predicted molar refractivity (Wildman–Crippen MR) is 83.8 cm³/mol. The Hall–Kier alpha value is 0.0400. The molecule has 0 bridgehead atoms. The summed E-state index contributed by atoms with van der Waals surface area (Å²) in [6, 6.07) is 6.78. The molecule has 3 heteroatoms. The summed E-state index contributed by atoms with van der Waals surface area (Å²) in [4.78, 5) is 0. The lowest BCUT2D eigenvalue weighted by molar-refractivity contribution is 0.276. The van der Waals surface area contributed by atoms with Crippen molar-refractivity contribution in [3.63, 3.8) is 0 Å². The summed E-state index contributed by atoms with van der Waals surface area (Å²) < 4.78 is 1.18. The monoisotopic (exact) mass is 363 g/mol. The predicted octanol–water partition coefficient (Wildman–Crippen LogP) is 5.18. The third kappa shape index (κ3) is 3.50. The first kappa shape index (κ1) is 13.5. The summed E-state index contributed by atoms with van der Waals surface area (Å²) in [5.74, 6) is 1.60. The summed E-state index contributed by atoms with van der Waals surface area (Å²) in [5, 5.41) is 4.45. The highest BCUT2D eigenvalue weighted by Crippen LogP contribution is 2.32. The van der Waals surface area contributed by atoms with Crippen LogP contribution >= 0.6 is 34.2 Å². The van der Waals surface area contributed by atoms with Crippen molar-refractivity contribution in [1.82, 2.24) is 0 Å². The molecule has 1 aliphatic rings. The Bertz CT molecular complexity index is 394. The van der Waals surface area contributed by atoms with Crippen LogP contribution in [0.4, 0.5) is 5.69 Å². The fourth-order valence-corrected chi connectivity index (χ4v) is 3.60. The summed E-state index contributed by atoms with van der Waals surface area (Å²) in [5.41, 5.74) is 1.08. The molecule has 1 saturated carbocycles. The van der Waals surface area contributed by atoms with E-state index in [-0.39, 0.29) is 0 Å². The molecule has 0 aliphatic heterocycles. The van der Waals surface area contributed by atoms with Gasteiger partial charge in [0, 0.05) is 9.61 Å². The second kappa shape index (κ2) is 5.79. The molecule has 1 nitrogen and oxygen atoms in total. The molecule has 0 heterocycles. The molecule has 2 rings (SSSR count). The van der Waals surface area contributed by atoms with Crippen LogP contribution in [0.1, 0.15) is 33.1 Å². The van der Waals surface area contributed by atoms with Gasteiger partial charge in [0.15, 0.2) is 0 Å². The molecule has 1 aromatic carbocycles. The summed E-state index contributed by atoms with van der Waals surface area (Å²) >= 11 is 8.55. The van der Waals surface area contributed by atoms with Gasteiger partial charge in [0.1, 0.15) is 0 Å². The van der Waals surface area contributed by atoms with E-state index in [1.54, 1.807) is 0 Å². The van der Waals surface area contributed by atoms with Crippen LogP contribution in [0.3, 0.4) is 0 Å². The Morgan fingerprint density at radius 1 is 1.29 bits per heavy atom. The largest absolute Gasteiger partial charge is 0.381 e. The molecule has 3 unspecified atom stereocenters. The Labute approximate surface area is 122 Å². The van der Waals surface area contributed by atoms with E-state index in [9.17, 15) is 0 Å². The second-order valence-corrected chi connectivity index (χ2v) is 6.92. The van der Waals surface area contributed by atoms with E-state index < -0.39 is 0 Å². The fraction of sp³-hybridized carbons (Fsp3) is 0.571. The smallest absolute Gasteiger partial charge is 0.0648 e. The van der Waals surface area contributed by atoms with E-state index >= 15 is 0 Å². The molecule has 1 aliphatic carbocycles. The Morgan fingerprint density at radius 2 is 2.06 bits per heavy atom. The van der Waals surface area contributed by atoms with Crippen LogP contribution in [0, 0.1) is 15.4 Å². The normalized spacial score (nSPS) is 29.1. The van der Waals surface area contributed by atoms with Crippen LogP contribution in [0.15, 0.2) is 18.2 Å². The minimum Gasteiger partial charge on any atom is -0.381 e. The molecule has 17 heavy (non-hydrogen) atoms. The zero-order valence-corrected chi connectivity index (χ0v) is 13.3. The van der Waals surface area contributed by atoms with E-state index in [2.05, 4.69) is 53.9 Å².